The van der Waals surface area contributed by atoms with Gasteiger partial charge < -0.3 is 4.74 Å². The number of ketones is 1. The second-order valence-electron chi connectivity index (χ2n) is 5.69. The quantitative estimate of drug-likeness (QED) is 0.858. The molecule has 1 N–H and O–H groups in total. The predicted octanol–water partition coefficient (Wildman–Crippen LogP) is 4.34. The highest BCUT2D eigenvalue weighted by atomic mass is 16.5. The maximum Gasteiger partial charge on any atom is 0.411 e. The molecule has 0 unspecified atom stereocenters. The average molecular weight is 309 g/mol. The summed E-state index contributed by atoms with van der Waals surface area (Å²) < 4.78 is 5.19. The molecule has 0 aromatic heterocycles. The van der Waals surface area contributed by atoms with Crippen molar-refractivity contribution in [3.05, 3.63) is 65.2 Å². The molecule has 1 aliphatic rings. The van der Waals surface area contributed by atoms with Crippen molar-refractivity contribution in [2.24, 2.45) is 0 Å². The van der Waals surface area contributed by atoms with Crippen LogP contribution in [-0.4, -0.2) is 11.9 Å². The van der Waals surface area contributed by atoms with Gasteiger partial charge >= 0.3 is 6.09 Å². The van der Waals surface area contributed by atoms with E-state index in [2.05, 4.69) is 5.32 Å². The third-order valence-corrected chi connectivity index (χ3v) is 3.97. The zero-order valence-corrected chi connectivity index (χ0v) is 12.9. The van der Waals surface area contributed by atoms with Crippen LogP contribution in [0.15, 0.2) is 48.5 Å². The van der Waals surface area contributed by atoms with E-state index in [4.69, 9.17) is 4.74 Å². The Morgan fingerprint density at radius 3 is 2.65 bits per heavy atom. The highest BCUT2D eigenvalue weighted by Gasteiger charge is 2.16. The Bertz CT molecular complexity index is 710. The summed E-state index contributed by atoms with van der Waals surface area (Å²) in [5, 5.41) is 2.69. The first kappa shape index (κ1) is 15.3. The highest BCUT2D eigenvalue weighted by molar-refractivity contribution is 5.99. The van der Waals surface area contributed by atoms with E-state index in [0.29, 0.717) is 12.1 Å². The number of carbonyl (C=O) groups is 2. The lowest BCUT2D eigenvalue weighted by Gasteiger charge is -2.10. The number of anilines is 1. The van der Waals surface area contributed by atoms with Crippen LogP contribution >= 0.6 is 0 Å². The van der Waals surface area contributed by atoms with E-state index in [1.807, 2.05) is 42.5 Å². The molecule has 118 valence electrons. The van der Waals surface area contributed by atoms with Crippen molar-refractivity contribution >= 4 is 17.6 Å². The molecule has 2 aromatic rings. The van der Waals surface area contributed by atoms with Crippen molar-refractivity contribution in [3.63, 3.8) is 0 Å². The first-order valence-electron chi connectivity index (χ1n) is 7.86. The summed E-state index contributed by atoms with van der Waals surface area (Å²) in [6.07, 6.45) is 2.93. The monoisotopic (exact) mass is 309 g/mol. The molecule has 0 spiro atoms. The molecule has 0 fully saturated rings. The van der Waals surface area contributed by atoms with Crippen molar-refractivity contribution in [1.82, 2.24) is 0 Å². The Hall–Kier alpha value is -2.62. The summed E-state index contributed by atoms with van der Waals surface area (Å²) in [5.74, 6) is 0.152. The van der Waals surface area contributed by atoms with Gasteiger partial charge in [0.2, 0.25) is 0 Å². The molecule has 0 saturated carbocycles. The Labute approximate surface area is 135 Å². The minimum absolute atomic E-state index is 0.152. The van der Waals surface area contributed by atoms with Crippen molar-refractivity contribution < 1.29 is 14.3 Å². The fourth-order valence-corrected chi connectivity index (χ4v) is 2.74. The van der Waals surface area contributed by atoms with Crippen LogP contribution in [0.5, 0.6) is 0 Å². The van der Waals surface area contributed by atoms with Crippen molar-refractivity contribution in [1.29, 1.82) is 0 Å². The lowest BCUT2D eigenvalue weighted by Crippen LogP contribution is -2.14. The van der Waals surface area contributed by atoms with Crippen LogP contribution in [0.1, 0.15) is 40.7 Å². The van der Waals surface area contributed by atoms with E-state index in [1.165, 1.54) is 0 Å². The molecule has 1 amide bonds. The number of ether oxygens (including phenoxy) is 1. The van der Waals surface area contributed by atoms with Crippen molar-refractivity contribution in [2.75, 3.05) is 5.32 Å². The topological polar surface area (TPSA) is 55.4 Å². The molecule has 0 radical (unpaired) electrons. The molecule has 4 nitrogen and oxygen atoms in total. The second-order valence-corrected chi connectivity index (χ2v) is 5.69. The number of nitrogens with one attached hydrogen (secondary N) is 1. The molecule has 23 heavy (non-hydrogen) atoms. The molecular formula is C19H19NO3. The van der Waals surface area contributed by atoms with Gasteiger partial charge in [-0.15, -0.1) is 0 Å². The fourth-order valence-electron chi connectivity index (χ4n) is 2.74. The lowest BCUT2D eigenvalue weighted by molar-refractivity contribution is 0.0982. The number of aryl methyl sites for hydroxylation is 1. The van der Waals surface area contributed by atoms with Crippen LogP contribution in [0.3, 0.4) is 0 Å². The minimum atomic E-state index is -0.519. The van der Waals surface area contributed by atoms with Gasteiger partial charge in [-0.25, -0.2) is 4.79 Å². The van der Waals surface area contributed by atoms with E-state index in [9.17, 15) is 9.59 Å². The van der Waals surface area contributed by atoms with Gasteiger partial charge in [0.1, 0.15) is 6.61 Å². The van der Waals surface area contributed by atoms with Gasteiger partial charge in [0.05, 0.1) is 0 Å². The first-order chi connectivity index (χ1) is 11.2. The van der Waals surface area contributed by atoms with Crippen molar-refractivity contribution in [2.45, 2.75) is 32.3 Å². The zero-order chi connectivity index (χ0) is 16.1. The smallest absolute Gasteiger partial charge is 0.411 e. The Morgan fingerprint density at radius 1 is 1.04 bits per heavy atom. The number of hydrogen-bond donors (Lipinski definition) is 1. The molecule has 0 saturated heterocycles. The fraction of sp³-hybridized carbons (Fsp3) is 0.263. The number of hydrogen-bond acceptors (Lipinski definition) is 3. The van der Waals surface area contributed by atoms with E-state index in [-0.39, 0.29) is 12.4 Å². The molecule has 1 aliphatic carbocycles. The van der Waals surface area contributed by atoms with E-state index >= 15 is 0 Å². The van der Waals surface area contributed by atoms with Crippen LogP contribution < -0.4 is 5.32 Å². The van der Waals surface area contributed by atoms with E-state index < -0.39 is 6.09 Å². The van der Waals surface area contributed by atoms with Gasteiger partial charge in [-0.3, -0.25) is 10.1 Å². The summed E-state index contributed by atoms with van der Waals surface area (Å²) in [4.78, 5) is 24.0. The summed E-state index contributed by atoms with van der Waals surface area (Å²) in [6.45, 7) is 0.219. The van der Waals surface area contributed by atoms with E-state index in [0.717, 1.165) is 36.0 Å². The molecular weight excluding hydrogens is 290 g/mol. The predicted molar refractivity (Wildman–Crippen MR) is 88.6 cm³/mol. The number of fused-ring (bicyclic) bond motifs is 1. The summed E-state index contributed by atoms with van der Waals surface area (Å²) in [5.41, 5.74) is 3.32. The van der Waals surface area contributed by atoms with Crippen molar-refractivity contribution in [3.8, 4) is 0 Å². The number of amides is 1. The maximum atomic E-state index is 12.1. The highest BCUT2D eigenvalue weighted by Crippen LogP contribution is 2.24. The third-order valence-electron chi connectivity index (χ3n) is 3.97. The molecule has 0 bridgehead atoms. The Morgan fingerprint density at radius 2 is 1.83 bits per heavy atom. The number of rotatable bonds is 3. The number of Topliss-reactive ketones (excluding diaryl/α,β-unsaturated/α-hetero) is 1. The molecule has 2 aromatic carbocycles. The van der Waals surface area contributed by atoms with Crippen LogP contribution in [0.2, 0.25) is 0 Å². The standard InChI is InChI=1S/C19H19NO3/c21-18-9-5-4-8-15-10-11-16(12-17(15)18)20-19(22)23-13-14-6-2-1-3-7-14/h1-3,6-7,10-12H,4-5,8-9,13H2,(H,20,22). The SMILES string of the molecule is O=C(Nc1ccc2c(c1)C(=O)CCCC2)OCc1ccccc1. The number of benzene rings is 2. The van der Waals surface area contributed by atoms with Gasteiger partial charge in [-0.1, -0.05) is 36.4 Å². The lowest BCUT2D eigenvalue weighted by atomic mass is 10.0. The first-order valence-corrected chi connectivity index (χ1v) is 7.86. The summed E-state index contributed by atoms with van der Waals surface area (Å²) in [7, 11) is 0. The maximum absolute atomic E-state index is 12.1. The van der Waals surface area contributed by atoms with Gasteiger partial charge in [-0.2, -0.15) is 0 Å². The van der Waals surface area contributed by atoms with Gasteiger partial charge in [0.15, 0.2) is 5.78 Å². The third kappa shape index (κ3) is 3.97. The van der Waals surface area contributed by atoms with Crippen LogP contribution in [-0.2, 0) is 17.8 Å². The minimum Gasteiger partial charge on any atom is -0.444 e. The summed E-state index contributed by atoms with van der Waals surface area (Å²) >= 11 is 0. The van der Waals surface area contributed by atoms with Gasteiger partial charge in [0.25, 0.3) is 0 Å². The molecule has 3 rings (SSSR count). The normalized spacial score (nSPS) is 13.8. The number of carbonyl (C=O) groups excluding carboxylic acids is 2. The molecule has 0 aliphatic heterocycles. The van der Waals surface area contributed by atoms with Gasteiger partial charge in [-0.05, 0) is 42.5 Å². The van der Waals surface area contributed by atoms with Crippen LogP contribution in [0.25, 0.3) is 0 Å². The molecule has 4 heteroatoms. The second kappa shape index (κ2) is 7.09. The largest absolute Gasteiger partial charge is 0.444 e. The van der Waals surface area contributed by atoms with Crippen LogP contribution in [0, 0.1) is 0 Å². The molecule has 0 heterocycles. The average Bonchev–Trinajstić information content (AvgIpc) is 2.76. The molecule has 0 atom stereocenters. The van der Waals surface area contributed by atoms with E-state index in [1.54, 1.807) is 6.07 Å². The Kier molecular flexibility index (Phi) is 4.71. The summed E-state index contributed by atoms with van der Waals surface area (Å²) in [6, 6.07) is 15.0. The van der Waals surface area contributed by atoms with Gasteiger partial charge in [0, 0.05) is 17.7 Å². The zero-order valence-electron chi connectivity index (χ0n) is 12.9. The Balaban J connectivity index is 1.63. The van der Waals surface area contributed by atoms with Crippen LogP contribution in [0.4, 0.5) is 10.5 Å².